The zero-order valence-electron chi connectivity index (χ0n) is 7.08. The Morgan fingerprint density at radius 1 is 1.09 bits per heavy atom. The summed E-state index contributed by atoms with van der Waals surface area (Å²) in [6, 6.07) is 0. The fourth-order valence-corrected chi connectivity index (χ4v) is 0.654. The third-order valence-corrected chi connectivity index (χ3v) is 1.17. The first-order valence-corrected chi connectivity index (χ1v) is 3.35. The Hall–Kier alpha value is 1.29. The summed E-state index contributed by atoms with van der Waals surface area (Å²) in [5, 5.41) is 0. The standard InChI is InChI=1S/C8H14.2BrH.Mg/c1-3-5-7-8-6-4-2;;;/h1H,4-8H2,2H3;2*1H;/q;;;+2/p-2. The Morgan fingerprint density at radius 2 is 1.64 bits per heavy atom. The zero-order valence-corrected chi connectivity index (χ0v) is 11.7. The van der Waals surface area contributed by atoms with Gasteiger partial charge in [0.1, 0.15) is 0 Å². The van der Waals surface area contributed by atoms with Gasteiger partial charge in [-0.1, -0.05) is 26.2 Å². The second-order valence-corrected chi connectivity index (χ2v) is 2.01. The van der Waals surface area contributed by atoms with E-state index in [4.69, 9.17) is 6.42 Å². The molecule has 11 heavy (non-hydrogen) atoms. The minimum atomic E-state index is 0. The van der Waals surface area contributed by atoms with Gasteiger partial charge in [0.05, 0.1) is 0 Å². The molecule has 0 aromatic heterocycles. The van der Waals surface area contributed by atoms with E-state index >= 15 is 0 Å². The first-order chi connectivity index (χ1) is 3.91. The molecule has 0 aromatic carbocycles. The van der Waals surface area contributed by atoms with Crippen molar-refractivity contribution in [3.63, 3.8) is 0 Å². The van der Waals surface area contributed by atoms with Crippen molar-refractivity contribution in [3.8, 4) is 12.3 Å². The van der Waals surface area contributed by atoms with Crippen LogP contribution in [-0.4, -0.2) is 23.1 Å². The summed E-state index contributed by atoms with van der Waals surface area (Å²) in [6.07, 6.45) is 11.2. The summed E-state index contributed by atoms with van der Waals surface area (Å²) in [7, 11) is 0. The molecular formula is C8H14Br2Mg. The zero-order chi connectivity index (χ0) is 6.24. The Kier molecular flexibility index (Phi) is 46.6. The van der Waals surface area contributed by atoms with Crippen molar-refractivity contribution in [1.29, 1.82) is 0 Å². The van der Waals surface area contributed by atoms with Gasteiger partial charge in [-0.2, -0.15) is 0 Å². The molecule has 0 unspecified atom stereocenters. The Labute approximate surface area is 108 Å². The van der Waals surface area contributed by atoms with Gasteiger partial charge in [0.15, 0.2) is 0 Å². The second kappa shape index (κ2) is 22.5. The molecule has 0 N–H and O–H groups in total. The van der Waals surface area contributed by atoms with E-state index in [2.05, 4.69) is 12.8 Å². The Morgan fingerprint density at radius 3 is 2.00 bits per heavy atom. The van der Waals surface area contributed by atoms with Crippen molar-refractivity contribution in [1.82, 2.24) is 0 Å². The molecular weight excluding hydrogens is 280 g/mol. The van der Waals surface area contributed by atoms with E-state index < -0.39 is 0 Å². The molecule has 0 fully saturated rings. The number of unbranched alkanes of at least 4 members (excludes halogenated alkanes) is 4. The summed E-state index contributed by atoms with van der Waals surface area (Å²) in [5.41, 5.74) is 0. The van der Waals surface area contributed by atoms with Crippen LogP contribution < -0.4 is 34.0 Å². The first-order valence-electron chi connectivity index (χ1n) is 3.35. The van der Waals surface area contributed by atoms with E-state index in [1.54, 1.807) is 0 Å². The van der Waals surface area contributed by atoms with Crippen LogP contribution in [0.5, 0.6) is 0 Å². The number of hydrogen-bond acceptors (Lipinski definition) is 0. The molecule has 0 radical (unpaired) electrons. The van der Waals surface area contributed by atoms with Crippen LogP contribution in [-0.2, 0) is 0 Å². The molecule has 0 aromatic rings. The van der Waals surface area contributed by atoms with Gasteiger partial charge >= 0.3 is 23.1 Å². The predicted octanol–water partition coefficient (Wildman–Crippen LogP) is -3.78. The molecule has 0 spiro atoms. The normalized spacial score (nSPS) is 6.18. The molecule has 0 nitrogen and oxygen atoms in total. The topological polar surface area (TPSA) is 0 Å². The molecule has 0 bridgehead atoms. The van der Waals surface area contributed by atoms with Crippen molar-refractivity contribution in [3.05, 3.63) is 0 Å². The van der Waals surface area contributed by atoms with Crippen molar-refractivity contribution in [2.45, 2.75) is 39.0 Å². The summed E-state index contributed by atoms with van der Waals surface area (Å²) >= 11 is 0. The SMILES string of the molecule is C#CCCCCCC.[Br-].[Br-].[Mg+2]. The van der Waals surface area contributed by atoms with Gasteiger partial charge in [0.25, 0.3) is 0 Å². The largest absolute Gasteiger partial charge is 2.00 e. The van der Waals surface area contributed by atoms with Gasteiger partial charge in [-0.25, -0.2) is 0 Å². The van der Waals surface area contributed by atoms with E-state index in [0.717, 1.165) is 6.42 Å². The maximum absolute atomic E-state index is 5.06. The predicted molar refractivity (Wildman–Crippen MR) is 43.3 cm³/mol. The molecule has 62 valence electrons. The van der Waals surface area contributed by atoms with Gasteiger partial charge in [-0.15, -0.1) is 12.3 Å². The number of halogens is 2. The van der Waals surface area contributed by atoms with Crippen LogP contribution in [0.1, 0.15) is 39.0 Å². The molecule has 0 saturated carbocycles. The molecule has 0 saturated heterocycles. The molecule has 0 heterocycles. The molecule has 0 amide bonds. The van der Waals surface area contributed by atoms with Gasteiger partial charge in [-0.05, 0) is 6.42 Å². The minimum Gasteiger partial charge on any atom is -1.00 e. The minimum absolute atomic E-state index is 0. The van der Waals surface area contributed by atoms with E-state index in [1.165, 1.54) is 25.7 Å². The summed E-state index contributed by atoms with van der Waals surface area (Å²) in [5.74, 6) is 2.63. The van der Waals surface area contributed by atoms with Crippen molar-refractivity contribution < 1.29 is 34.0 Å². The molecule has 3 heteroatoms. The average Bonchev–Trinajstić information content (AvgIpc) is 1.81. The van der Waals surface area contributed by atoms with Crippen molar-refractivity contribution in [2.24, 2.45) is 0 Å². The van der Waals surface area contributed by atoms with Crippen LogP contribution in [0.15, 0.2) is 0 Å². The maximum atomic E-state index is 5.06. The third kappa shape index (κ3) is 24.6. The fourth-order valence-electron chi connectivity index (χ4n) is 0.654. The van der Waals surface area contributed by atoms with Crippen LogP contribution >= 0.6 is 0 Å². The van der Waals surface area contributed by atoms with Crippen molar-refractivity contribution in [2.75, 3.05) is 0 Å². The van der Waals surface area contributed by atoms with Crippen LogP contribution in [0.3, 0.4) is 0 Å². The number of terminal acetylenes is 1. The van der Waals surface area contributed by atoms with Crippen LogP contribution in [0.25, 0.3) is 0 Å². The molecule has 0 aliphatic rings. The molecule has 0 rings (SSSR count). The van der Waals surface area contributed by atoms with Crippen LogP contribution in [0.2, 0.25) is 0 Å². The van der Waals surface area contributed by atoms with Crippen LogP contribution in [0, 0.1) is 12.3 Å². The summed E-state index contributed by atoms with van der Waals surface area (Å²) in [6.45, 7) is 2.20. The van der Waals surface area contributed by atoms with E-state index in [0.29, 0.717) is 0 Å². The van der Waals surface area contributed by atoms with Crippen molar-refractivity contribution >= 4 is 23.1 Å². The monoisotopic (exact) mass is 292 g/mol. The summed E-state index contributed by atoms with van der Waals surface area (Å²) in [4.78, 5) is 0. The van der Waals surface area contributed by atoms with Gasteiger partial charge in [0.2, 0.25) is 0 Å². The smallest absolute Gasteiger partial charge is 1.00 e. The first kappa shape index (κ1) is 22.8. The number of rotatable bonds is 4. The molecule has 0 aliphatic heterocycles. The Bertz CT molecular complexity index is 78.7. The second-order valence-electron chi connectivity index (χ2n) is 2.01. The Balaban J connectivity index is -0.0000000817. The molecule has 0 atom stereocenters. The maximum Gasteiger partial charge on any atom is 2.00 e. The third-order valence-electron chi connectivity index (χ3n) is 1.17. The average molecular weight is 294 g/mol. The van der Waals surface area contributed by atoms with E-state index in [9.17, 15) is 0 Å². The molecule has 0 aliphatic carbocycles. The number of hydrogen-bond donors (Lipinski definition) is 0. The summed E-state index contributed by atoms with van der Waals surface area (Å²) < 4.78 is 0. The van der Waals surface area contributed by atoms with E-state index in [-0.39, 0.29) is 57.0 Å². The quantitative estimate of drug-likeness (QED) is 0.284. The van der Waals surface area contributed by atoms with E-state index in [1.807, 2.05) is 0 Å². The fraction of sp³-hybridized carbons (Fsp3) is 0.750. The van der Waals surface area contributed by atoms with Gasteiger partial charge in [0, 0.05) is 6.42 Å². The van der Waals surface area contributed by atoms with Crippen LogP contribution in [0.4, 0.5) is 0 Å². The van der Waals surface area contributed by atoms with Gasteiger partial charge in [-0.3, -0.25) is 0 Å². The van der Waals surface area contributed by atoms with Gasteiger partial charge < -0.3 is 34.0 Å².